The molecule has 2 aromatic carbocycles. The smallest absolute Gasteiger partial charge is 0.261 e. The molecule has 7 heteroatoms. The summed E-state index contributed by atoms with van der Waals surface area (Å²) in [7, 11) is 1.62. The molecule has 0 fully saturated rings. The van der Waals surface area contributed by atoms with E-state index in [2.05, 4.69) is 10.6 Å². The van der Waals surface area contributed by atoms with Gasteiger partial charge in [-0.1, -0.05) is 12.1 Å². The summed E-state index contributed by atoms with van der Waals surface area (Å²) in [4.78, 5) is 12.5. The van der Waals surface area contributed by atoms with Crippen LogP contribution in [0, 0.1) is 0 Å². The summed E-state index contributed by atoms with van der Waals surface area (Å²) in [5.41, 5.74) is 1.17. The lowest BCUT2D eigenvalue weighted by molar-refractivity contribution is 0.0972. The van der Waals surface area contributed by atoms with Crippen molar-refractivity contribution >= 4 is 28.9 Å². The number of hydrogen-bond acceptors (Lipinski definition) is 5. The summed E-state index contributed by atoms with van der Waals surface area (Å²) in [6.07, 6.45) is -0.0337. The molecule has 0 bridgehead atoms. The summed E-state index contributed by atoms with van der Waals surface area (Å²) in [6.45, 7) is 4.82. The van der Waals surface area contributed by atoms with Crippen LogP contribution in [0.2, 0.25) is 0 Å². The highest BCUT2D eigenvalue weighted by Gasteiger charge is 2.14. The molecular weight excluding hydrogens is 364 g/mol. The molecule has 1 amide bonds. The van der Waals surface area contributed by atoms with Crippen LogP contribution in [0.1, 0.15) is 24.2 Å². The third-order valence-electron chi connectivity index (χ3n) is 3.39. The van der Waals surface area contributed by atoms with Gasteiger partial charge < -0.3 is 19.5 Å². The SMILES string of the molecule is COCCOc1ccc(NC(=S)NC(=O)c2ccccc2OC(C)C)cc1. The van der Waals surface area contributed by atoms with Crippen molar-refractivity contribution in [3.63, 3.8) is 0 Å². The van der Waals surface area contributed by atoms with Crippen molar-refractivity contribution in [3.8, 4) is 11.5 Å². The first-order chi connectivity index (χ1) is 13.0. The van der Waals surface area contributed by atoms with Gasteiger partial charge in [-0.15, -0.1) is 0 Å². The highest BCUT2D eigenvalue weighted by Crippen LogP contribution is 2.19. The Hall–Kier alpha value is -2.64. The standard InChI is InChI=1S/C20H24N2O4S/c1-14(2)26-18-7-5-4-6-17(18)19(23)22-20(27)21-15-8-10-16(11-9-15)25-13-12-24-3/h4-11,14H,12-13H2,1-3H3,(H2,21,22,23,27). The van der Waals surface area contributed by atoms with E-state index in [9.17, 15) is 4.79 Å². The quantitative estimate of drug-likeness (QED) is 0.532. The molecule has 0 saturated heterocycles. The molecule has 6 nitrogen and oxygen atoms in total. The fourth-order valence-electron chi connectivity index (χ4n) is 2.22. The lowest BCUT2D eigenvalue weighted by atomic mass is 10.2. The van der Waals surface area contributed by atoms with Gasteiger partial charge in [0.05, 0.1) is 18.3 Å². The first kappa shape index (κ1) is 20.7. The molecule has 144 valence electrons. The lowest BCUT2D eigenvalue weighted by Gasteiger charge is -2.15. The van der Waals surface area contributed by atoms with E-state index in [1.807, 2.05) is 44.2 Å². The van der Waals surface area contributed by atoms with E-state index in [1.54, 1.807) is 25.3 Å². The van der Waals surface area contributed by atoms with Crippen LogP contribution in [0.3, 0.4) is 0 Å². The molecule has 0 saturated carbocycles. The largest absolute Gasteiger partial charge is 0.491 e. The molecular formula is C20H24N2O4S. The third-order valence-corrected chi connectivity index (χ3v) is 3.59. The first-order valence-corrected chi connectivity index (χ1v) is 9.00. The highest BCUT2D eigenvalue weighted by atomic mass is 32.1. The monoisotopic (exact) mass is 388 g/mol. The van der Waals surface area contributed by atoms with Crippen molar-refractivity contribution in [2.45, 2.75) is 20.0 Å². The fraction of sp³-hybridized carbons (Fsp3) is 0.300. The number of methoxy groups -OCH3 is 1. The molecule has 0 aliphatic carbocycles. The van der Waals surface area contributed by atoms with Crippen LogP contribution < -0.4 is 20.1 Å². The normalized spacial score (nSPS) is 10.4. The number of carbonyl (C=O) groups is 1. The van der Waals surface area contributed by atoms with Crippen molar-refractivity contribution in [3.05, 3.63) is 54.1 Å². The maximum absolute atomic E-state index is 12.5. The van der Waals surface area contributed by atoms with Crippen molar-refractivity contribution < 1.29 is 19.0 Å². The zero-order valence-electron chi connectivity index (χ0n) is 15.7. The Morgan fingerprint density at radius 3 is 2.44 bits per heavy atom. The zero-order valence-corrected chi connectivity index (χ0v) is 16.5. The molecule has 0 heterocycles. The summed E-state index contributed by atoms with van der Waals surface area (Å²) in [5, 5.41) is 5.85. The van der Waals surface area contributed by atoms with Gasteiger partial charge in [-0.2, -0.15) is 0 Å². The van der Waals surface area contributed by atoms with Gasteiger partial charge in [0.1, 0.15) is 18.1 Å². The Balaban J connectivity index is 1.93. The van der Waals surface area contributed by atoms with Gasteiger partial charge in [-0.3, -0.25) is 10.1 Å². The second-order valence-corrected chi connectivity index (χ2v) is 6.34. The van der Waals surface area contributed by atoms with Crippen molar-refractivity contribution in [1.82, 2.24) is 5.32 Å². The molecule has 2 aromatic rings. The number of thiocarbonyl (C=S) groups is 1. The molecule has 0 unspecified atom stereocenters. The number of rotatable bonds is 8. The maximum atomic E-state index is 12.5. The number of anilines is 1. The van der Waals surface area contributed by atoms with E-state index in [0.29, 0.717) is 24.5 Å². The minimum Gasteiger partial charge on any atom is -0.491 e. The lowest BCUT2D eigenvalue weighted by Crippen LogP contribution is -2.34. The number of nitrogens with one attached hydrogen (secondary N) is 2. The van der Waals surface area contributed by atoms with Gasteiger partial charge in [0.25, 0.3) is 5.91 Å². The van der Waals surface area contributed by atoms with Crippen LogP contribution in [-0.2, 0) is 4.74 Å². The molecule has 0 radical (unpaired) electrons. The predicted octanol–water partition coefficient (Wildman–Crippen LogP) is 3.63. The minimum absolute atomic E-state index is 0.0337. The average molecular weight is 388 g/mol. The van der Waals surface area contributed by atoms with Gasteiger partial charge in [0.15, 0.2) is 5.11 Å². The van der Waals surface area contributed by atoms with Crippen molar-refractivity contribution in [2.75, 3.05) is 25.6 Å². The van der Waals surface area contributed by atoms with Crippen molar-refractivity contribution in [1.29, 1.82) is 0 Å². The van der Waals surface area contributed by atoms with Gasteiger partial charge in [-0.25, -0.2) is 0 Å². The van der Waals surface area contributed by atoms with E-state index in [4.69, 9.17) is 26.4 Å². The summed E-state index contributed by atoms with van der Waals surface area (Å²) in [5.74, 6) is 0.918. The Morgan fingerprint density at radius 1 is 1.07 bits per heavy atom. The number of benzene rings is 2. The van der Waals surface area contributed by atoms with Crippen LogP contribution >= 0.6 is 12.2 Å². The number of amides is 1. The minimum atomic E-state index is -0.330. The van der Waals surface area contributed by atoms with Crippen LogP contribution in [0.15, 0.2) is 48.5 Å². The molecule has 2 rings (SSSR count). The van der Waals surface area contributed by atoms with Crippen molar-refractivity contribution in [2.24, 2.45) is 0 Å². The van der Waals surface area contributed by atoms with Gasteiger partial charge >= 0.3 is 0 Å². The zero-order chi connectivity index (χ0) is 19.6. The van der Waals surface area contributed by atoms with Gasteiger partial charge in [-0.05, 0) is 62.5 Å². The Morgan fingerprint density at radius 2 is 1.78 bits per heavy atom. The number of para-hydroxylation sites is 1. The number of hydrogen-bond donors (Lipinski definition) is 2. The fourth-order valence-corrected chi connectivity index (χ4v) is 2.43. The Kier molecular flexibility index (Phi) is 8.03. The molecule has 0 aliphatic rings. The Labute approximate surface area is 164 Å². The molecule has 0 aromatic heterocycles. The first-order valence-electron chi connectivity index (χ1n) is 8.59. The Bertz CT molecular complexity index is 763. The molecule has 0 aliphatic heterocycles. The predicted molar refractivity (Wildman–Crippen MR) is 110 cm³/mol. The molecule has 2 N–H and O–H groups in total. The molecule has 27 heavy (non-hydrogen) atoms. The average Bonchev–Trinajstić information content (AvgIpc) is 2.63. The van der Waals surface area contributed by atoms with Crippen LogP contribution in [0.25, 0.3) is 0 Å². The van der Waals surface area contributed by atoms with E-state index in [1.165, 1.54) is 0 Å². The van der Waals surface area contributed by atoms with Crippen LogP contribution in [0.5, 0.6) is 11.5 Å². The van der Waals surface area contributed by atoms with E-state index in [-0.39, 0.29) is 17.1 Å². The number of ether oxygens (including phenoxy) is 3. The van der Waals surface area contributed by atoms with Crippen LogP contribution in [-0.4, -0.2) is 37.4 Å². The van der Waals surface area contributed by atoms with E-state index in [0.717, 1.165) is 11.4 Å². The summed E-state index contributed by atoms with van der Waals surface area (Å²) >= 11 is 5.23. The summed E-state index contributed by atoms with van der Waals surface area (Å²) in [6, 6.07) is 14.3. The summed E-state index contributed by atoms with van der Waals surface area (Å²) < 4.78 is 16.1. The van der Waals surface area contributed by atoms with Gasteiger partial charge in [0.2, 0.25) is 0 Å². The third kappa shape index (κ3) is 6.88. The highest BCUT2D eigenvalue weighted by molar-refractivity contribution is 7.80. The van der Waals surface area contributed by atoms with Crippen LogP contribution in [0.4, 0.5) is 5.69 Å². The second kappa shape index (κ2) is 10.5. The van der Waals surface area contributed by atoms with E-state index >= 15 is 0 Å². The maximum Gasteiger partial charge on any atom is 0.261 e. The second-order valence-electron chi connectivity index (χ2n) is 5.94. The molecule has 0 spiro atoms. The topological polar surface area (TPSA) is 68.8 Å². The number of carbonyl (C=O) groups excluding carboxylic acids is 1. The van der Waals surface area contributed by atoms with E-state index < -0.39 is 0 Å². The molecule has 0 atom stereocenters. The van der Waals surface area contributed by atoms with Gasteiger partial charge in [0, 0.05) is 12.8 Å².